The van der Waals surface area contributed by atoms with Gasteiger partial charge in [0.1, 0.15) is 0 Å². The summed E-state index contributed by atoms with van der Waals surface area (Å²) >= 11 is 0. The van der Waals surface area contributed by atoms with Gasteiger partial charge in [0.25, 0.3) is 0 Å². The first kappa shape index (κ1) is 29.5. The van der Waals surface area contributed by atoms with E-state index in [4.69, 9.17) is 4.52 Å². The molecule has 0 aromatic heterocycles. The van der Waals surface area contributed by atoms with Crippen molar-refractivity contribution in [1.29, 1.82) is 0 Å². The molecule has 186 valence electrons. The Kier molecular flexibility index (Phi) is 9.99. The Labute approximate surface area is 198 Å². The third-order valence-electron chi connectivity index (χ3n) is 6.72. The van der Waals surface area contributed by atoms with Gasteiger partial charge >= 0.3 is 8.60 Å². The molecule has 5 heteroatoms. The van der Waals surface area contributed by atoms with Gasteiger partial charge < -0.3 is 19.4 Å². The molecule has 0 aliphatic carbocycles. The zero-order valence-electron chi connectivity index (χ0n) is 22.5. The minimum absolute atomic E-state index is 0.0136. The van der Waals surface area contributed by atoms with E-state index in [2.05, 4.69) is 88.3 Å². The predicted molar refractivity (Wildman–Crippen MR) is 137 cm³/mol. The number of unbranched alkanes of at least 4 members (excludes halogenated alkanes) is 1. The van der Waals surface area contributed by atoms with Gasteiger partial charge in [0.15, 0.2) is 0 Å². The highest BCUT2D eigenvalue weighted by Gasteiger charge is 2.42. The van der Waals surface area contributed by atoms with Gasteiger partial charge in [-0.15, -0.1) is 0 Å². The van der Waals surface area contributed by atoms with Gasteiger partial charge in [0.2, 0.25) is 0 Å². The van der Waals surface area contributed by atoms with E-state index < -0.39 is 20.1 Å². The van der Waals surface area contributed by atoms with Crippen LogP contribution >= 0.6 is 8.60 Å². The summed E-state index contributed by atoms with van der Waals surface area (Å²) in [6.45, 7) is 24.2. The molecule has 0 spiro atoms. The Morgan fingerprint density at radius 1 is 0.844 bits per heavy atom. The van der Waals surface area contributed by atoms with Crippen molar-refractivity contribution in [3.05, 3.63) is 34.4 Å². The summed E-state index contributed by atoms with van der Waals surface area (Å²) in [5.74, 6) is 0. The zero-order chi connectivity index (χ0) is 25.1. The molecule has 0 aliphatic heterocycles. The molecule has 1 aromatic rings. The molecule has 0 amide bonds. The van der Waals surface area contributed by atoms with E-state index in [1.165, 1.54) is 5.56 Å². The molecule has 0 aliphatic rings. The summed E-state index contributed by atoms with van der Waals surface area (Å²) < 4.78 is 5.38. The van der Waals surface area contributed by atoms with Crippen LogP contribution in [0.3, 0.4) is 0 Å². The minimum Gasteiger partial charge on any atom is -0.388 e. The lowest BCUT2D eigenvalue weighted by Gasteiger charge is -2.42. The highest BCUT2D eigenvalue weighted by atomic mass is 31.2. The third kappa shape index (κ3) is 7.24. The maximum Gasteiger partial charge on any atom is 0.327 e. The Morgan fingerprint density at radius 2 is 1.31 bits per heavy atom. The second-order valence-electron chi connectivity index (χ2n) is 12.5. The minimum atomic E-state index is -2.47. The second kappa shape index (κ2) is 10.8. The average Bonchev–Trinajstić information content (AvgIpc) is 2.64. The van der Waals surface area contributed by atoms with E-state index in [0.717, 1.165) is 36.0 Å². The zero-order valence-corrected chi connectivity index (χ0v) is 23.4. The largest absolute Gasteiger partial charge is 0.388 e. The summed E-state index contributed by atoms with van der Waals surface area (Å²) in [6.07, 6.45) is 2.62. The van der Waals surface area contributed by atoms with Crippen LogP contribution in [0, 0.1) is 5.41 Å². The molecule has 0 fully saturated rings. The molecule has 0 radical (unpaired) electrons. The van der Waals surface area contributed by atoms with E-state index in [0.29, 0.717) is 6.42 Å². The fourth-order valence-corrected chi connectivity index (χ4v) is 4.78. The molecule has 3 N–H and O–H groups in total. The topological polar surface area (TPSA) is 69.9 Å². The van der Waals surface area contributed by atoms with E-state index >= 15 is 0 Å². The molecular formula is C27H49O4P. The lowest BCUT2D eigenvalue weighted by Crippen LogP contribution is -2.37. The summed E-state index contributed by atoms with van der Waals surface area (Å²) in [5.41, 5.74) is 3.64. The SMILES string of the molecule is CCCCC(CC)(COP(O)O)C(O)c1c(C(C)(C)C)cc(C(C)(C)C)cc1C(C)(C)C. The van der Waals surface area contributed by atoms with Gasteiger partial charge in [-0.1, -0.05) is 101 Å². The van der Waals surface area contributed by atoms with Crippen LogP contribution in [0.4, 0.5) is 0 Å². The van der Waals surface area contributed by atoms with Crippen molar-refractivity contribution in [2.75, 3.05) is 6.61 Å². The number of aliphatic hydroxyl groups is 1. The lowest BCUT2D eigenvalue weighted by molar-refractivity contribution is -0.0271. The highest BCUT2D eigenvalue weighted by Crippen LogP contribution is 2.50. The number of aliphatic hydroxyl groups excluding tert-OH is 1. The Morgan fingerprint density at radius 3 is 1.62 bits per heavy atom. The van der Waals surface area contributed by atoms with E-state index in [1.54, 1.807) is 0 Å². The molecule has 32 heavy (non-hydrogen) atoms. The quantitative estimate of drug-likeness (QED) is 0.330. The van der Waals surface area contributed by atoms with Crippen LogP contribution in [0.2, 0.25) is 0 Å². The fourth-order valence-electron chi connectivity index (χ4n) is 4.40. The third-order valence-corrected chi connectivity index (χ3v) is 7.08. The smallest absolute Gasteiger partial charge is 0.327 e. The first-order valence-electron chi connectivity index (χ1n) is 12.1. The van der Waals surface area contributed by atoms with E-state index in [1.807, 2.05) is 0 Å². The molecule has 1 rings (SSSR count). The summed E-state index contributed by atoms with van der Waals surface area (Å²) in [4.78, 5) is 19.0. The van der Waals surface area contributed by atoms with Crippen LogP contribution in [-0.2, 0) is 20.8 Å². The molecular weight excluding hydrogens is 419 g/mol. The van der Waals surface area contributed by atoms with E-state index in [9.17, 15) is 14.9 Å². The van der Waals surface area contributed by atoms with Crippen LogP contribution in [0.5, 0.6) is 0 Å². The van der Waals surface area contributed by atoms with Gasteiger partial charge in [0.05, 0.1) is 12.7 Å². The van der Waals surface area contributed by atoms with Crippen molar-refractivity contribution in [1.82, 2.24) is 0 Å². The van der Waals surface area contributed by atoms with Crippen LogP contribution in [0.1, 0.15) is 130 Å². The van der Waals surface area contributed by atoms with Gasteiger partial charge in [0, 0.05) is 5.41 Å². The lowest BCUT2D eigenvalue weighted by atomic mass is 9.65. The molecule has 2 atom stereocenters. The summed E-state index contributed by atoms with van der Waals surface area (Å²) in [5, 5.41) is 12.1. The van der Waals surface area contributed by atoms with E-state index in [-0.39, 0.29) is 22.9 Å². The molecule has 0 bridgehead atoms. The molecule has 0 saturated carbocycles. The molecule has 0 heterocycles. The maximum atomic E-state index is 12.1. The van der Waals surface area contributed by atoms with Gasteiger partial charge in [-0.3, -0.25) is 0 Å². The first-order valence-corrected chi connectivity index (χ1v) is 13.3. The maximum absolute atomic E-state index is 12.1. The van der Waals surface area contributed by atoms with Crippen molar-refractivity contribution < 1.29 is 19.4 Å². The molecule has 2 unspecified atom stereocenters. The number of benzene rings is 1. The summed E-state index contributed by atoms with van der Waals surface area (Å²) in [6, 6.07) is 4.56. The van der Waals surface area contributed by atoms with Crippen molar-refractivity contribution in [2.24, 2.45) is 5.41 Å². The fraction of sp³-hybridized carbons (Fsp3) is 0.778. The van der Waals surface area contributed by atoms with Gasteiger partial charge in [-0.25, -0.2) is 0 Å². The van der Waals surface area contributed by atoms with Gasteiger partial charge in [-0.2, -0.15) is 0 Å². The highest BCUT2D eigenvalue weighted by molar-refractivity contribution is 7.39. The first-order chi connectivity index (χ1) is 14.4. The van der Waals surface area contributed by atoms with Crippen molar-refractivity contribution in [3.8, 4) is 0 Å². The van der Waals surface area contributed by atoms with Gasteiger partial charge in [-0.05, 0) is 51.3 Å². The number of rotatable bonds is 9. The number of hydrogen-bond acceptors (Lipinski definition) is 4. The normalized spacial score (nSPS) is 16.3. The van der Waals surface area contributed by atoms with Crippen LogP contribution < -0.4 is 0 Å². The summed E-state index contributed by atoms with van der Waals surface area (Å²) in [7, 11) is -2.47. The van der Waals surface area contributed by atoms with Crippen LogP contribution in [0.15, 0.2) is 12.1 Å². The van der Waals surface area contributed by atoms with Crippen molar-refractivity contribution in [2.45, 2.75) is 124 Å². The number of hydrogen-bond donors (Lipinski definition) is 3. The standard InChI is InChI=1S/C27H49O4P/c1-12-14-15-27(13-2,18-31-32(29)30)23(28)22-20(25(6,7)8)16-19(24(3,4)5)17-21(22)26(9,10)11/h16-17,23,28-30H,12-15,18H2,1-11H3. The predicted octanol–water partition coefficient (Wildman–Crippen LogP) is 7.43. The molecule has 1 aromatic carbocycles. The Balaban J connectivity index is 3.95. The Hall–Kier alpha value is -0.510. The molecule has 4 nitrogen and oxygen atoms in total. The Bertz CT molecular complexity index is 702. The van der Waals surface area contributed by atoms with Crippen molar-refractivity contribution in [3.63, 3.8) is 0 Å². The van der Waals surface area contributed by atoms with Crippen molar-refractivity contribution >= 4 is 8.60 Å². The average molecular weight is 469 g/mol. The monoisotopic (exact) mass is 468 g/mol. The van der Waals surface area contributed by atoms with Crippen LogP contribution in [0.25, 0.3) is 0 Å². The molecule has 0 saturated heterocycles. The second-order valence-corrected chi connectivity index (χ2v) is 13.2. The van der Waals surface area contributed by atoms with Crippen LogP contribution in [-0.4, -0.2) is 21.5 Å².